The predicted octanol–water partition coefficient (Wildman–Crippen LogP) is 0.214. The fraction of sp³-hybridized carbons (Fsp3) is 0.667. The Morgan fingerprint density at radius 2 is 1.85 bits per heavy atom. The Hall–Kier alpha value is -1.88. The van der Waals surface area contributed by atoms with Gasteiger partial charge in [-0.1, -0.05) is 0 Å². The van der Waals surface area contributed by atoms with E-state index in [9.17, 15) is 13.2 Å². The Labute approximate surface area is 113 Å². The van der Waals surface area contributed by atoms with E-state index in [1.165, 1.54) is 0 Å². The van der Waals surface area contributed by atoms with Crippen LogP contribution in [0.1, 0.15) is 0 Å². The highest BCUT2D eigenvalue weighted by Crippen LogP contribution is 2.14. The van der Waals surface area contributed by atoms with Gasteiger partial charge >= 0.3 is 6.18 Å². The number of nitrogens with zero attached hydrogens (tertiary/aromatic N) is 4. The first-order valence-corrected chi connectivity index (χ1v) is 5.60. The Balaban J connectivity index is 2.49. The first-order valence-electron chi connectivity index (χ1n) is 5.60. The molecular formula is C9H16F3N7O. The number of hydrogen-bond acceptors (Lipinski definition) is 8. The Morgan fingerprint density at radius 3 is 2.40 bits per heavy atom. The molecule has 0 saturated carbocycles. The van der Waals surface area contributed by atoms with Crippen LogP contribution in [0, 0.1) is 0 Å². The molecule has 4 N–H and O–H groups in total. The van der Waals surface area contributed by atoms with E-state index in [-0.39, 0.29) is 25.0 Å². The van der Waals surface area contributed by atoms with Gasteiger partial charge in [-0.2, -0.15) is 28.1 Å². The topological polar surface area (TPSA) is 101 Å². The largest absolute Gasteiger partial charge is 0.411 e. The molecule has 20 heavy (non-hydrogen) atoms. The molecule has 0 aromatic carbocycles. The molecule has 0 unspecified atom stereocenters. The second-order valence-corrected chi connectivity index (χ2v) is 3.92. The summed E-state index contributed by atoms with van der Waals surface area (Å²) in [4.78, 5) is 13.6. The lowest BCUT2D eigenvalue weighted by Gasteiger charge is -2.13. The van der Waals surface area contributed by atoms with Gasteiger partial charge in [0.25, 0.3) is 0 Å². The average Bonchev–Trinajstić information content (AvgIpc) is 2.36. The Morgan fingerprint density at radius 1 is 1.20 bits per heavy atom. The third-order valence-electron chi connectivity index (χ3n) is 1.95. The number of rotatable bonds is 7. The molecule has 0 bridgehead atoms. The molecule has 0 aliphatic carbocycles. The van der Waals surface area contributed by atoms with Crippen molar-refractivity contribution >= 4 is 17.8 Å². The van der Waals surface area contributed by atoms with Crippen LogP contribution in [0.2, 0.25) is 0 Å². The van der Waals surface area contributed by atoms with Gasteiger partial charge in [0, 0.05) is 20.6 Å². The van der Waals surface area contributed by atoms with Gasteiger partial charge in [0.15, 0.2) is 0 Å². The van der Waals surface area contributed by atoms with E-state index in [2.05, 4.69) is 30.4 Å². The van der Waals surface area contributed by atoms with Crippen LogP contribution in [0.3, 0.4) is 0 Å². The maximum Gasteiger partial charge on any atom is 0.411 e. The van der Waals surface area contributed by atoms with E-state index in [4.69, 9.17) is 5.84 Å². The molecule has 0 atom stereocenters. The number of anilines is 3. The number of nitrogen functional groups attached to an aromatic ring is 1. The molecule has 1 rings (SSSR count). The first kappa shape index (κ1) is 16.2. The minimum absolute atomic E-state index is 0.122. The summed E-state index contributed by atoms with van der Waals surface area (Å²) in [5.41, 5.74) is 2.28. The zero-order chi connectivity index (χ0) is 15.2. The highest BCUT2D eigenvalue weighted by atomic mass is 19.4. The molecule has 1 aromatic rings. The van der Waals surface area contributed by atoms with Crippen LogP contribution in [-0.2, 0) is 4.74 Å². The molecule has 0 spiro atoms. The Kier molecular flexibility index (Phi) is 5.70. The van der Waals surface area contributed by atoms with Crippen LogP contribution in [0.15, 0.2) is 0 Å². The molecule has 0 fully saturated rings. The van der Waals surface area contributed by atoms with Crippen LogP contribution < -0.4 is 21.5 Å². The van der Waals surface area contributed by atoms with Crippen LogP contribution in [-0.4, -0.2) is 55.0 Å². The summed E-state index contributed by atoms with van der Waals surface area (Å²) in [6, 6.07) is 0. The molecule has 0 saturated heterocycles. The van der Waals surface area contributed by atoms with Gasteiger partial charge in [-0.05, 0) is 0 Å². The quantitative estimate of drug-likeness (QED) is 0.373. The SMILES string of the molecule is CN(C)c1nc(NN)nc(NCCOCC(F)(F)F)n1. The second-order valence-electron chi connectivity index (χ2n) is 3.92. The average molecular weight is 295 g/mol. The summed E-state index contributed by atoms with van der Waals surface area (Å²) < 4.78 is 40.0. The van der Waals surface area contributed by atoms with E-state index in [0.717, 1.165) is 0 Å². The van der Waals surface area contributed by atoms with E-state index in [0.29, 0.717) is 5.95 Å². The molecule has 1 heterocycles. The van der Waals surface area contributed by atoms with E-state index in [1.54, 1.807) is 19.0 Å². The summed E-state index contributed by atoms with van der Waals surface area (Å²) in [6.45, 7) is -1.30. The van der Waals surface area contributed by atoms with Crippen molar-refractivity contribution in [3.63, 3.8) is 0 Å². The minimum atomic E-state index is -4.33. The molecule has 8 nitrogen and oxygen atoms in total. The number of alkyl halides is 3. The molecule has 0 aliphatic rings. The Bertz CT molecular complexity index is 426. The normalized spacial score (nSPS) is 11.3. The number of ether oxygens (including phenoxy) is 1. The van der Waals surface area contributed by atoms with Crippen molar-refractivity contribution < 1.29 is 17.9 Å². The molecule has 0 aliphatic heterocycles. The molecule has 0 amide bonds. The smallest absolute Gasteiger partial charge is 0.370 e. The number of hydrazine groups is 1. The van der Waals surface area contributed by atoms with Crippen molar-refractivity contribution in [2.75, 3.05) is 49.5 Å². The van der Waals surface area contributed by atoms with Crippen LogP contribution in [0.5, 0.6) is 0 Å². The second kappa shape index (κ2) is 7.05. The third kappa shape index (κ3) is 5.84. The van der Waals surface area contributed by atoms with Crippen molar-refractivity contribution in [1.29, 1.82) is 0 Å². The lowest BCUT2D eigenvalue weighted by molar-refractivity contribution is -0.172. The number of hydrogen-bond donors (Lipinski definition) is 3. The van der Waals surface area contributed by atoms with Crippen LogP contribution in [0.25, 0.3) is 0 Å². The standard InChI is InChI=1S/C9H16F3N7O/c1-19(2)8-16-6(15-7(17-8)18-13)14-3-4-20-5-9(10,11)12/h3-5,13H2,1-2H3,(H2,14,15,16,17,18). The van der Waals surface area contributed by atoms with Gasteiger partial charge in [-0.25, -0.2) is 5.84 Å². The summed E-state index contributed by atoms with van der Waals surface area (Å²) in [5, 5.41) is 2.72. The fourth-order valence-electron chi connectivity index (χ4n) is 1.13. The van der Waals surface area contributed by atoms with E-state index in [1.807, 2.05) is 0 Å². The monoisotopic (exact) mass is 295 g/mol. The van der Waals surface area contributed by atoms with Crippen LogP contribution >= 0.6 is 0 Å². The number of nitrogens with two attached hydrogens (primary N) is 1. The third-order valence-corrected chi connectivity index (χ3v) is 1.95. The van der Waals surface area contributed by atoms with Crippen molar-refractivity contribution in [3.8, 4) is 0 Å². The number of halogens is 3. The van der Waals surface area contributed by atoms with Crippen LogP contribution in [0.4, 0.5) is 31.0 Å². The zero-order valence-electron chi connectivity index (χ0n) is 11.0. The van der Waals surface area contributed by atoms with E-state index >= 15 is 0 Å². The summed E-state index contributed by atoms with van der Waals surface area (Å²) in [5.74, 6) is 5.89. The molecule has 11 heteroatoms. The van der Waals surface area contributed by atoms with Gasteiger partial charge in [0.05, 0.1) is 6.61 Å². The fourth-order valence-corrected chi connectivity index (χ4v) is 1.13. The molecular weight excluding hydrogens is 279 g/mol. The number of nitrogens with one attached hydrogen (secondary N) is 2. The molecule has 114 valence electrons. The molecule has 1 aromatic heterocycles. The lowest BCUT2D eigenvalue weighted by Crippen LogP contribution is -2.22. The van der Waals surface area contributed by atoms with Gasteiger partial charge in [0.2, 0.25) is 17.8 Å². The highest BCUT2D eigenvalue weighted by Gasteiger charge is 2.27. The van der Waals surface area contributed by atoms with Gasteiger partial charge in [0.1, 0.15) is 6.61 Å². The lowest BCUT2D eigenvalue weighted by atomic mass is 10.6. The minimum Gasteiger partial charge on any atom is -0.370 e. The van der Waals surface area contributed by atoms with Crippen molar-refractivity contribution in [1.82, 2.24) is 15.0 Å². The highest BCUT2D eigenvalue weighted by molar-refractivity contribution is 5.42. The van der Waals surface area contributed by atoms with E-state index < -0.39 is 12.8 Å². The number of aromatic nitrogens is 3. The van der Waals surface area contributed by atoms with Crippen molar-refractivity contribution in [3.05, 3.63) is 0 Å². The van der Waals surface area contributed by atoms with Gasteiger partial charge in [-0.3, -0.25) is 5.43 Å². The zero-order valence-corrected chi connectivity index (χ0v) is 11.0. The molecule has 0 radical (unpaired) electrons. The maximum atomic E-state index is 11.8. The maximum absolute atomic E-state index is 11.8. The van der Waals surface area contributed by atoms with Crippen molar-refractivity contribution in [2.45, 2.75) is 6.18 Å². The van der Waals surface area contributed by atoms with Gasteiger partial charge in [-0.15, -0.1) is 0 Å². The van der Waals surface area contributed by atoms with Crippen molar-refractivity contribution in [2.24, 2.45) is 5.84 Å². The van der Waals surface area contributed by atoms with Gasteiger partial charge < -0.3 is 15.0 Å². The summed E-state index contributed by atoms with van der Waals surface area (Å²) >= 11 is 0. The summed E-state index contributed by atoms with van der Waals surface area (Å²) in [7, 11) is 3.46. The predicted molar refractivity (Wildman–Crippen MR) is 67.3 cm³/mol. The first-order chi connectivity index (χ1) is 9.31. The summed E-state index contributed by atoms with van der Waals surface area (Å²) in [6.07, 6.45) is -4.33.